The van der Waals surface area contributed by atoms with Gasteiger partial charge in [-0.2, -0.15) is 0 Å². The molecular formula is C39H42ClN3O5. The van der Waals surface area contributed by atoms with E-state index in [9.17, 15) is 9.90 Å². The second-order valence-electron chi connectivity index (χ2n) is 12.9. The highest BCUT2D eigenvalue weighted by molar-refractivity contribution is 6.30. The van der Waals surface area contributed by atoms with Crippen molar-refractivity contribution in [2.75, 3.05) is 29.5 Å². The maximum Gasteiger partial charge on any atom is 0.253 e. The first kappa shape index (κ1) is 33.7. The molecule has 48 heavy (non-hydrogen) atoms. The summed E-state index contributed by atoms with van der Waals surface area (Å²) in [6.45, 7) is 9.82. The lowest BCUT2D eigenvalue weighted by molar-refractivity contribution is -0.149. The van der Waals surface area contributed by atoms with Crippen molar-refractivity contribution in [3.63, 3.8) is 0 Å². The number of amides is 3. The van der Waals surface area contributed by atoms with E-state index in [-0.39, 0.29) is 37.4 Å². The van der Waals surface area contributed by atoms with Gasteiger partial charge in [-0.15, -0.1) is 13.2 Å². The zero-order chi connectivity index (χ0) is 34.1. The highest BCUT2D eigenvalue weighted by Gasteiger charge is 2.79. The van der Waals surface area contributed by atoms with Crippen LogP contribution in [0.1, 0.15) is 31.7 Å². The number of anilines is 2. The van der Waals surface area contributed by atoms with Crippen molar-refractivity contribution in [2.24, 2.45) is 11.8 Å². The molecule has 6 rings (SSSR count). The Morgan fingerprint density at radius 3 is 2.10 bits per heavy atom. The molecule has 3 amide bonds. The number of likely N-dealkylation sites (tertiary alicyclic amines) is 1. The Hall–Kier alpha value is -4.24. The van der Waals surface area contributed by atoms with Crippen molar-refractivity contribution in [1.82, 2.24) is 4.90 Å². The Morgan fingerprint density at radius 1 is 0.938 bits per heavy atom. The summed E-state index contributed by atoms with van der Waals surface area (Å²) in [5, 5.41) is 11.4. The number of hydrogen-bond acceptors (Lipinski definition) is 5. The fourth-order valence-electron chi connectivity index (χ4n) is 8.29. The first-order chi connectivity index (χ1) is 23.2. The third kappa shape index (κ3) is 5.55. The molecule has 8 nitrogen and oxygen atoms in total. The van der Waals surface area contributed by atoms with E-state index in [1.165, 1.54) is 4.90 Å². The lowest BCUT2D eigenvalue weighted by Crippen LogP contribution is -2.59. The monoisotopic (exact) mass is 667 g/mol. The van der Waals surface area contributed by atoms with E-state index >= 15 is 9.59 Å². The highest BCUT2D eigenvalue weighted by atomic mass is 35.5. The minimum Gasteiger partial charge on any atom is -0.394 e. The molecule has 0 saturated carbocycles. The first-order valence-corrected chi connectivity index (χ1v) is 16.9. The third-order valence-electron chi connectivity index (χ3n) is 10.4. The number of benzene rings is 3. The molecule has 2 unspecified atom stereocenters. The maximum absolute atomic E-state index is 15.1. The SMILES string of the molecule is C=CCN(C(=O)C1N([C@@H](CO)Cc2ccccc2)C(=O)[C@@H]2[C@@H](C(=O)N(CC=C)c3ccccc3)[C@@]3(CC)CCC12O3)c1ccc(Cl)cc1. The smallest absolute Gasteiger partial charge is 0.253 e. The number of aliphatic hydroxyl groups excluding tert-OH is 1. The average molecular weight is 668 g/mol. The minimum absolute atomic E-state index is 0.171. The largest absolute Gasteiger partial charge is 0.394 e. The van der Waals surface area contributed by atoms with Crippen LogP contribution in [0.3, 0.4) is 0 Å². The van der Waals surface area contributed by atoms with Gasteiger partial charge in [0, 0.05) is 29.5 Å². The van der Waals surface area contributed by atoms with Crippen molar-refractivity contribution in [3.05, 3.63) is 121 Å². The van der Waals surface area contributed by atoms with Gasteiger partial charge < -0.3 is 24.5 Å². The Labute approximate surface area is 287 Å². The molecule has 6 atom stereocenters. The summed E-state index contributed by atoms with van der Waals surface area (Å²) in [6.07, 6.45) is 5.06. The quantitative estimate of drug-likeness (QED) is 0.232. The van der Waals surface area contributed by atoms with E-state index in [1.54, 1.807) is 46.2 Å². The summed E-state index contributed by atoms with van der Waals surface area (Å²) in [4.78, 5) is 49.8. The van der Waals surface area contributed by atoms with Crippen LogP contribution in [-0.4, -0.2) is 70.7 Å². The molecule has 0 aromatic heterocycles. The molecule has 9 heteroatoms. The van der Waals surface area contributed by atoms with Crippen LogP contribution in [0.15, 0.2) is 110 Å². The van der Waals surface area contributed by atoms with Gasteiger partial charge in [-0.1, -0.05) is 79.2 Å². The average Bonchev–Trinajstić information content (AvgIpc) is 3.72. The maximum atomic E-state index is 15.1. The molecule has 3 aromatic rings. The Bertz CT molecular complexity index is 1670. The number of fused-ring (bicyclic) bond motifs is 1. The summed E-state index contributed by atoms with van der Waals surface area (Å²) in [6, 6.07) is 24.0. The van der Waals surface area contributed by atoms with E-state index in [4.69, 9.17) is 16.3 Å². The lowest BCUT2D eigenvalue weighted by atomic mass is 9.64. The van der Waals surface area contributed by atoms with Gasteiger partial charge in [-0.05, 0) is 67.6 Å². The summed E-state index contributed by atoms with van der Waals surface area (Å²) in [5.41, 5.74) is -0.0236. The topological polar surface area (TPSA) is 90.4 Å². The van der Waals surface area contributed by atoms with Crippen LogP contribution in [0.2, 0.25) is 5.02 Å². The predicted octanol–water partition coefficient (Wildman–Crippen LogP) is 5.84. The van der Waals surface area contributed by atoms with Gasteiger partial charge in [0.2, 0.25) is 11.8 Å². The Balaban J connectivity index is 1.49. The summed E-state index contributed by atoms with van der Waals surface area (Å²) in [5.74, 6) is -2.71. The van der Waals surface area contributed by atoms with Gasteiger partial charge in [-0.25, -0.2) is 0 Å². The van der Waals surface area contributed by atoms with E-state index in [1.807, 2.05) is 67.6 Å². The van der Waals surface area contributed by atoms with E-state index in [0.29, 0.717) is 42.1 Å². The van der Waals surface area contributed by atoms with Gasteiger partial charge >= 0.3 is 0 Å². The highest BCUT2D eigenvalue weighted by Crippen LogP contribution is 2.65. The number of rotatable bonds is 13. The fourth-order valence-corrected chi connectivity index (χ4v) is 8.41. The van der Waals surface area contributed by atoms with Crippen molar-refractivity contribution in [2.45, 2.75) is 55.9 Å². The zero-order valence-corrected chi connectivity index (χ0v) is 28.0. The van der Waals surface area contributed by atoms with Crippen molar-refractivity contribution in [1.29, 1.82) is 0 Å². The third-order valence-corrected chi connectivity index (χ3v) is 10.7. The molecule has 3 aromatic carbocycles. The predicted molar refractivity (Wildman–Crippen MR) is 188 cm³/mol. The number of ether oxygens (including phenoxy) is 1. The number of nitrogens with zero attached hydrogens (tertiary/aromatic N) is 3. The minimum atomic E-state index is -1.28. The van der Waals surface area contributed by atoms with Crippen molar-refractivity contribution >= 4 is 40.7 Å². The summed E-state index contributed by atoms with van der Waals surface area (Å²) < 4.78 is 7.07. The molecular weight excluding hydrogens is 626 g/mol. The molecule has 3 saturated heterocycles. The number of halogens is 1. The molecule has 3 fully saturated rings. The van der Waals surface area contributed by atoms with Gasteiger partial charge in [0.1, 0.15) is 11.6 Å². The molecule has 3 aliphatic rings. The molecule has 0 radical (unpaired) electrons. The number of hydrogen-bond donors (Lipinski definition) is 1. The standard InChI is InChI=1S/C39H42ClN3O5/c1-4-23-41(29-15-11-8-12-16-29)35(45)32-33-36(46)43(31(26-44)25-27-13-9-7-10-14-27)34(39(33)22-21-38(32,6-3)48-39)37(47)42(24-5-2)30-19-17-28(40)18-20-30/h4-5,7-20,31-34,44H,1-2,6,21-26H2,3H3/t31-,32+,33+,34?,38-,39?/m1/s1. The van der Waals surface area contributed by atoms with Crippen LogP contribution in [-0.2, 0) is 25.5 Å². The number of para-hydroxylation sites is 1. The molecule has 1 N–H and O–H groups in total. The van der Waals surface area contributed by atoms with E-state index in [0.717, 1.165) is 5.56 Å². The number of aliphatic hydroxyl groups is 1. The second kappa shape index (κ2) is 13.7. The molecule has 2 bridgehead atoms. The van der Waals surface area contributed by atoms with Crippen LogP contribution in [0.4, 0.5) is 11.4 Å². The van der Waals surface area contributed by atoms with Crippen LogP contribution in [0.5, 0.6) is 0 Å². The van der Waals surface area contributed by atoms with Crippen LogP contribution in [0, 0.1) is 11.8 Å². The van der Waals surface area contributed by atoms with Gasteiger partial charge in [0.25, 0.3) is 5.91 Å². The Morgan fingerprint density at radius 2 is 1.52 bits per heavy atom. The van der Waals surface area contributed by atoms with Gasteiger partial charge in [-0.3, -0.25) is 14.4 Å². The van der Waals surface area contributed by atoms with E-state index < -0.39 is 35.1 Å². The second-order valence-corrected chi connectivity index (χ2v) is 13.3. The van der Waals surface area contributed by atoms with Gasteiger partial charge in [0.15, 0.2) is 0 Å². The fraction of sp³-hybridized carbons (Fsp3) is 0.359. The van der Waals surface area contributed by atoms with Crippen LogP contribution in [0.25, 0.3) is 0 Å². The van der Waals surface area contributed by atoms with Crippen molar-refractivity contribution < 1.29 is 24.2 Å². The number of carbonyl (C=O) groups excluding carboxylic acids is 3. The van der Waals surface area contributed by atoms with Gasteiger partial charge in [0.05, 0.1) is 30.1 Å². The van der Waals surface area contributed by atoms with Crippen molar-refractivity contribution in [3.8, 4) is 0 Å². The van der Waals surface area contributed by atoms with E-state index in [2.05, 4.69) is 13.2 Å². The summed E-state index contributed by atoms with van der Waals surface area (Å²) >= 11 is 6.21. The zero-order valence-electron chi connectivity index (χ0n) is 27.2. The molecule has 250 valence electrons. The lowest BCUT2D eigenvalue weighted by Gasteiger charge is -2.39. The van der Waals surface area contributed by atoms with Crippen LogP contribution < -0.4 is 9.80 Å². The normalized spacial score (nSPS) is 26.2. The molecule has 0 aliphatic carbocycles. The Kier molecular flexibility index (Phi) is 9.61. The molecule has 1 spiro atoms. The first-order valence-electron chi connectivity index (χ1n) is 16.6. The molecule has 3 heterocycles. The van der Waals surface area contributed by atoms with Crippen LogP contribution >= 0.6 is 11.6 Å². The number of carbonyl (C=O) groups is 3. The molecule has 3 aliphatic heterocycles. The summed E-state index contributed by atoms with van der Waals surface area (Å²) in [7, 11) is 0.